The van der Waals surface area contributed by atoms with Crippen LogP contribution in [0.1, 0.15) is 18.1 Å². The second kappa shape index (κ2) is 5.39. The van der Waals surface area contributed by atoms with Crippen LogP contribution in [0.15, 0.2) is 24.3 Å². The summed E-state index contributed by atoms with van der Waals surface area (Å²) in [6.45, 7) is 3.01. The number of benzene rings is 1. The van der Waals surface area contributed by atoms with Crippen LogP contribution in [0, 0.1) is 16.7 Å². The van der Waals surface area contributed by atoms with E-state index in [4.69, 9.17) is 15.7 Å². The Bertz CT molecular complexity index is 506. The fraction of sp³-hybridized carbons (Fsp3) is 0.429. The molecule has 0 radical (unpaired) electrons. The number of carbonyl (C=O) groups is 1. The third-order valence-electron chi connectivity index (χ3n) is 3.57. The zero-order valence-corrected chi connectivity index (χ0v) is 10.8. The van der Waals surface area contributed by atoms with Gasteiger partial charge in [0.15, 0.2) is 0 Å². The maximum Gasteiger partial charge on any atom is 0.230 e. The van der Waals surface area contributed by atoms with Crippen LogP contribution >= 0.6 is 0 Å². The minimum atomic E-state index is -0.660. The van der Waals surface area contributed by atoms with Crippen LogP contribution in [-0.4, -0.2) is 25.2 Å². The lowest BCUT2D eigenvalue weighted by Gasteiger charge is -2.25. The van der Waals surface area contributed by atoms with E-state index in [2.05, 4.69) is 11.4 Å². The Morgan fingerprint density at radius 2 is 2.26 bits per heavy atom. The van der Waals surface area contributed by atoms with Gasteiger partial charge in [0.2, 0.25) is 5.91 Å². The molecule has 0 bridgehead atoms. The third-order valence-corrected chi connectivity index (χ3v) is 3.57. The van der Waals surface area contributed by atoms with Gasteiger partial charge in [0.1, 0.15) is 0 Å². The lowest BCUT2D eigenvalue weighted by atomic mass is 9.85. The molecule has 2 rings (SSSR count). The van der Waals surface area contributed by atoms with Gasteiger partial charge in [-0.3, -0.25) is 4.79 Å². The van der Waals surface area contributed by atoms with Gasteiger partial charge >= 0.3 is 0 Å². The van der Waals surface area contributed by atoms with E-state index in [-0.39, 0.29) is 11.9 Å². The minimum absolute atomic E-state index is 0.0955. The van der Waals surface area contributed by atoms with E-state index in [1.807, 2.05) is 19.1 Å². The monoisotopic (exact) mass is 259 g/mol. The Balaban J connectivity index is 1.95. The summed E-state index contributed by atoms with van der Waals surface area (Å²) in [5.74, 6) is -0.0955. The molecule has 5 heteroatoms. The van der Waals surface area contributed by atoms with E-state index in [1.54, 1.807) is 12.1 Å². The molecule has 1 saturated heterocycles. The fourth-order valence-electron chi connectivity index (χ4n) is 2.00. The first kappa shape index (κ1) is 13.5. The summed E-state index contributed by atoms with van der Waals surface area (Å²) in [5.41, 5.74) is 6.79. The SMILES string of the molecule is CC1(C(=O)NCc2ccc(C#N)cc2)COCC1N. The number of nitrogens with one attached hydrogen (secondary N) is 1. The molecule has 100 valence electrons. The number of hydrogen-bond acceptors (Lipinski definition) is 4. The van der Waals surface area contributed by atoms with Crippen LogP contribution < -0.4 is 11.1 Å². The van der Waals surface area contributed by atoms with Gasteiger partial charge in [0.05, 0.1) is 30.3 Å². The van der Waals surface area contributed by atoms with Gasteiger partial charge in [-0.25, -0.2) is 0 Å². The average molecular weight is 259 g/mol. The second-order valence-electron chi connectivity index (χ2n) is 5.03. The predicted octanol–water partition coefficient (Wildman–Crippen LogP) is 0.538. The van der Waals surface area contributed by atoms with Gasteiger partial charge in [-0.15, -0.1) is 0 Å². The molecule has 0 spiro atoms. The van der Waals surface area contributed by atoms with Crippen molar-refractivity contribution < 1.29 is 9.53 Å². The molecule has 1 aromatic rings. The van der Waals surface area contributed by atoms with Gasteiger partial charge < -0.3 is 15.8 Å². The van der Waals surface area contributed by atoms with Crippen LogP contribution in [0.2, 0.25) is 0 Å². The van der Waals surface area contributed by atoms with Crippen LogP contribution in [0.25, 0.3) is 0 Å². The molecule has 1 aliphatic rings. The van der Waals surface area contributed by atoms with E-state index in [0.717, 1.165) is 5.56 Å². The topological polar surface area (TPSA) is 88.1 Å². The van der Waals surface area contributed by atoms with E-state index in [0.29, 0.717) is 25.3 Å². The lowest BCUT2D eigenvalue weighted by Crippen LogP contribution is -2.49. The molecular formula is C14H17N3O2. The number of rotatable bonds is 3. The van der Waals surface area contributed by atoms with Crippen molar-refractivity contribution in [3.8, 4) is 6.07 Å². The third kappa shape index (κ3) is 2.75. The highest BCUT2D eigenvalue weighted by Gasteiger charge is 2.44. The maximum atomic E-state index is 12.2. The molecule has 2 unspecified atom stereocenters. The average Bonchev–Trinajstić information content (AvgIpc) is 2.78. The number of ether oxygens (including phenoxy) is 1. The second-order valence-corrected chi connectivity index (χ2v) is 5.03. The molecule has 2 atom stereocenters. The Morgan fingerprint density at radius 3 is 2.79 bits per heavy atom. The highest BCUT2D eigenvalue weighted by molar-refractivity contribution is 5.83. The van der Waals surface area contributed by atoms with E-state index in [1.165, 1.54) is 0 Å². The van der Waals surface area contributed by atoms with Gasteiger partial charge in [-0.05, 0) is 24.6 Å². The normalized spacial score (nSPS) is 25.8. The van der Waals surface area contributed by atoms with Crippen molar-refractivity contribution in [3.63, 3.8) is 0 Å². The van der Waals surface area contributed by atoms with Crippen molar-refractivity contribution in [1.29, 1.82) is 5.26 Å². The zero-order chi connectivity index (χ0) is 13.9. The van der Waals surface area contributed by atoms with Crippen LogP contribution in [0.3, 0.4) is 0 Å². The van der Waals surface area contributed by atoms with Gasteiger partial charge in [-0.1, -0.05) is 12.1 Å². The molecule has 0 saturated carbocycles. The number of amides is 1. The van der Waals surface area contributed by atoms with Crippen molar-refractivity contribution in [1.82, 2.24) is 5.32 Å². The van der Waals surface area contributed by atoms with Gasteiger partial charge in [-0.2, -0.15) is 5.26 Å². The first-order valence-electron chi connectivity index (χ1n) is 6.17. The minimum Gasteiger partial charge on any atom is -0.379 e. The number of carbonyl (C=O) groups excluding carboxylic acids is 1. The molecule has 0 aromatic heterocycles. The Kier molecular flexibility index (Phi) is 3.84. The van der Waals surface area contributed by atoms with E-state index in [9.17, 15) is 4.79 Å². The summed E-state index contributed by atoms with van der Waals surface area (Å²) >= 11 is 0. The van der Waals surface area contributed by atoms with Crippen LogP contribution in [0.5, 0.6) is 0 Å². The van der Waals surface area contributed by atoms with Gasteiger partial charge in [0, 0.05) is 12.6 Å². The van der Waals surface area contributed by atoms with E-state index >= 15 is 0 Å². The molecule has 1 fully saturated rings. The standard InChI is InChI=1S/C14H17N3O2/c1-14(9-19-8-12(14)16)13(18)17-7-11-4-2-10(6-15)3-5-11/h2-5,12H,7-9,16H2,1H3,(H,17,18). The number of hydrogen-bond donors (Lipinski definition) is 2. The molecule has 1 aromatic carbocycles. The lowest BCUT2D eigenvalue weighted by molar-refractivity contribution is -0.130. The summed E-state index contributed by atoms with van der Waals surface area (Å²) in [5, 5.41) is 11.6. The predicted molar refractivity (Wildman–Crippen MR) is 69.9 cm³/mol. The highest BCUT2D eigenvalue weighted by Crippen LogP contribution is 2.27. The highest BCUT2D eigenvalue weighted by atomic mass is 16.5. The summed E-state index contributed by atoms with van der Waals surface area (Å²) in [6, 6.07) is 8.90. The van der Waals surface area contributed by atoms with Crippen molar-refractivity contribution in [3.05, 3.63) is 35.4 Å². The smallest absolute Gasteiger partial charge is 0.230 e. The van der Waals surface area contributed by atoms with Crippen LogP contribution in [0.4, 0.5) is 0 Å². The first-order valence-corrected chi connectivity index (χ1v) is 6.17. The van der Waals surface area contributed by atoms with Crippen molar-refractivity contribution in [2.24, 2.45) is 11.1 Å². The molecule has 1 heterocycles. The number of nitriles is 1. The van der Waals surface area contributed by atoms with Crippen molar-refractivity contribution >= 4 is 5.91 Å². The van der Waals surface area contributed by atoms with Crippen molar-refractivity contribution in [2.45, 2.75) is 19.5 Å². The zero-order valence-electron chi connectivity index (χ0n) is 10.8. The number of nitrogens with two attached hydrogens (primary N) is 1. The largest absolute Gasteiger partial charge is 0.379 e. The Morgan fingerprint density at radius 1 is 1.58 bits per heavy atom. The van der Waals surface area contributed by atoms with Crippen LogP contribution in [-0.2, 0) is 16.1 Å². The molecule has 1 amide bonds. The summed E-state index contributed by atoms with van der Waals surface area (Å²) < 4.78 is 5.25. The molecule has 0 aliphatic carbocycles. The van der Waals surface area contributed by atoms with E-state index < -0.39 is 5.41 Å². The molecule has 19 heavy (non-hydrogen) atoms. The van der Waals surface area contributed by atoms with Crippen molar-refractivity contribution in [2.75, 3.05) is 13.2 Å². The molecule has 3 N–H and O–H groups in total. The molecule has 1 aliphatic heterocycles. The quantitative estimate of drug-likeness (QED) is 0.829. The first-order chi connectivity index (χ1) is 9.06. The molecule has 5 nitrogen and oxygen atoms in total. The van der Waals surface area contributed by atoms with Gasteiger partial charge in [0.25, 0.3) is 0 Å². The molecular weight excluding hydrogens is 242 g/mol. The number of nitrogens with zero attached hydrogens (tertiary/aromatic N) is 1. The Labute approximate surface area is 112 Å². The summed E-state index contributed by atoms with van der Waals surface area (Å²) in [4.78, 5) is 12.2. The summed E-state index contributed by atoms with van der Waals surface area (Å²) in [6.07, 6.45) is 0. The Hall–Kier alpha value is -1.90. The fourth-order valence-corrected chi connectivity index (χ4v) is 2.00. The summed E-state index contributed by atoms with van der Waals surface area (Å²) in [7, 11) is 0. The maximum absolute atomic E-state index is 12.2.